The van der Waals surface area contributed by atoms with Gasteiger partial charge >= 0.3 is 12.0 Å². The van der Waals surface area contributed by atoms with Crippen LogP contribution >= 0.6 is 0 Å². The van der Waals surface area contributed by atoms with Gasteiger partial charge in [0.15, 0.2) is 11.8 Å². The smallest absolute Gasteiger partial charge is 0.339 e. The van der Waals surface area contributed by atoms with E-state index in [4.69, 9.17) is 4.74 Å². The number of rotatable bonds is 3. The molecule has 2 rings (SSSR count). The molecule has 0 aliphatic rings. The number of pyridine rings is 1. The number of hydrogen-bond acceptors (Lipinski definition) is 6. The minimum atomic E-state index is -1.15. The SMILES string of the molecule is Cc1cc(C(=O)OC(C)C(=O)NC(=O)NC(C)(C)C)c2c(C)nn(C)c2n1. The van der Waals surface area contributed by atoms with Crippen molar-refractivity contribution in [3.63, 3.8) is 0 Å². The number of carbonyl (C=O) groups excluding carboxylic acids is 3. The molecule has 0 spiro atoms. The molecule has 9 nitrogen and oxygen atoms in total. The average Bonchev–Trinajstić information content (AvgIpc) is 2.78. The molecule has 0 aliphatic heterocycles. The van der Waals surface area contributed by atoms with E-state index in [9.17, 15) is 14.4 Å². The van der Waals surface area contributed by atoms with E-state index >= 15 is 0 Å². The fourth-order valence-electron chi connectivity index (χ4n) is 2.59. The van der Waals surface area contributed by atoms with Crippen molar-refractivity contribution in [1.82, 2.24) is 25.4 Å². The van der Waals surface area contributed by atoms with Crippen molar-refractivity contribution >= 4 is 28.9 Å². The monoisotopic (exact) mass is 375 g/mol. The van der Waals surface area contributed by atoms with Crippen molar-refractivity contribution < 1.29 is 19.1 Å². The van der Waals surface area contributed by atoms with Gasteiger partial charge < -0.3 is 10.1 Å². The lowest BCUT2D eigenvalue weighted by atomic mass is 10.1. The molecular weight excluding hydrogens is 350 g/mol. The van der Waals surface area contributed by atoms with Crippen LogP contribution in [0.3, 0.4) is 0 Å². The number of urea groups is 1. The van der Waals surface area contributed by atoms with Crippen molar-refractivity contribution in [2.75, 3.05) is 0 Å². The first-order valence-corrected chi connectivity index (χ1v) is 8.54. The minimum absolute atomic E-state index is 0.280. The molecule has 0 saturated heterocycles. The summed E-state index contributed by atoms with van der Waals surface area (Å²) in [5.41, 5.74) is 1.60. The number of nitrogens with one attached hydrogen (secondary N) is 2. The molecule has 0 bridgehead atoms. The Kier molecular flexibility index (Phi) is 5.53. The van der Waals surface area contributed by atoms with Crippen LogP contribution in [-0.4, -0.2) is 44.3 Å². The topological polar surface area (TPSA) is 115 Å². The standard InChI is InChI=1S/C18H25N5O4/c1-9-8-12(13-10(2)22-23(7)14(13)19-9)16(25)27-11(3)15(24)20-17(26)21-18(4,5)6/h8,11H,1-7H3,(H2,20,21,24,26). The lowest BCUT2D eigenvalue weighted by Crippen LogP contribution is -2.50. The molecule has 1 atom stereocenters. The van der Waals surface area contributed by atoms with E-state index < -0.39 is 29.6 Å². The first-order chi connectivity index (χ1) is 12.4. The quantitative estimate of drug-likeness (QED) is 0.790. The Morgan fingerprint density at radius 1 is 1.22 bits per heavy atom. The van der Waals surface area contributed by atoms with Crippen molar-refractivity contribution in [2.45, 2.75) is 53.2 Å². The molecule has 9 heteroatoms. The first kappa shape index (κ1) is 20.3. The Labute approximate surface area is 157 Å². The van der Waals surface area contributed by atoms with Crippen molar-refractivity contribution in [3.05, 3.63) is 23.0 Å². The highest BCUT2D eigenvalue weighted by atomic mass is 16.5. The third-order valence-electron chi connectivity index (χ3n) is 3.69. The number of esters is 1. The van der Waals surface area contributed by atoms with Crippen LogP contribution in [0.2, 0.25) is 0 Å². The molecule has 0 aromatic carbocycles. The lowest BCUT2D eigenvalue weighted by Gasteiger charge is -2.21. The van der Waals surface area contributed by atoms with Crippen molar-refractivity contribution in [2.24, 2.45) is 7.05 Å². The van der Waals surface area contributed by atoms with E-state index in [1.165, 1.54) is 6.92 Å². The summed E-state index contributed by atoms with van der Waals surface area (Å²) in [5.74, 6) is -1.39. The van der Waals surface area contributed by atoms with Gasteiger partial charge in [-0.3, -0.25) is 14.8 Å². The third-order valence-corrected chi connectivity index (χ3v) is 3.69. The van der Waals surface area contributed by atoms with E-state index in [-0.39, 0.29) is 5.56 Å². The van der Waals surface area contributed by atoms with Gasteiger partial charge in [-0.2, -0.15) is 5.10 Å². The number of amides is 3. The third kappa shape index (κ3) is 4.81. The number of imide groups is 1. The summed E-state index contributed by atoms with van der Waals surface area (Å²) < 4.78 is 6.85. The normalized spacial score (nSPS) is 12.6. The molecule has 27 heavy (non-hydrogen) atoms. The van der Waals surface area contributed by atoms with Crippen LogP contribution in [0.15, 0.2) is 6.07 Å². The summed E-state index contributed by atoms with van der Waals surface area (Å²) in [5, 5.41) is 9.61. The Morgan fingerprint density at radius 3 is 2.44 bits per heavy atom. The van der Waals surface area contributed by atoms with Gasteiger partial charge in [0.2, 0.25) is 0 Å². The summed E-state index contributed by atoms with van der Waals surface area (Å²) in [7, 11) is 1.74. The zero-order valence-corrected chi connectivity index (χ0v) is 16.6. The van der Waals surface area contributed by atoms with Crippen LogP contribution in [0.1, 0.15) is 49.4 Å². The number of fused-ring (bicyclic) bond motifs is 1. The van der Waals surface area contributed by atoms with Crippen LogP contribution in [-0.2, 0) is 16.6 Å². The van der Waals surface area contributed by atoms with E-state index in [1.54, 1.807) is 52.4 Å². The summed E-state index contributed by atoms with van der Waals surface area (Å²) in [4.78, 5) is 40.9. The van der Waals surface area contributed by atoms with Crippen molar-refractivity contribution in [3.8, 4) is 0 Å². The number of hydrogen-bond donors (Lipinski definition) is 2. The van der Waals surface area contributed by atoms with Crippen LogP contribution in [0, 0.1) is 13.8 Å². The molecule has 2 aromatic rings. The van der Waals surface area contributed by atoms with Gasteiger partial charge in [0.25, 0.3) is 5.91 Å². The minimum Gasteiger partial charge on any atom is -0.449 e. The maximum Gasteiger partial charge on any atom is 0.339 e. The second kappa shape index (κ2) is 7.34. The second-order valence-corrected chi connectivity index (χ2v) is 7.46. The number of carbonyl (C=O) groups is 3. The van der Waals surface area contributed by atoms with Crippen LogP contribution < -0.4 is 10.6 Å². The molecule has 3 amide bonds. The largest absolute Gasteiger partial charge is 0.449 e. The fourth-order valence-corrected chi connectivity index (χ4v) is 2.59. The molecule has 0 aliphatic carbocycles. The highest BCUT2D eigenvalue weighted by molar-refractivity contribution is 6.05. The van der Waals surface area contributed by atoms with Gasteiger partial charge in [0.05, 0.1) is 16.6 Å². The maximum atomic E-state index is 12.6. The summed E-state index contributed by atoms with van der Waals surface area (Å²) in [6.45, 7) is 10.3. The van der Waals surface area contributed by atoms with Gasteiger partial charge in [-0.05, 0) is 47.6 Å². The average molecular weight is 375 g/mol. The molecule has 0 saturated carbocycles. The first-order valence-electron chi connectivity index (χ1n) is 8.54. The van der Waals surface area contributed by atoms with E-state index in [0.29, 0.717) is 22.4 Å². The van der Waals surface area contributed by atoms with Crippen LogP contribution in [0.4, 0.5) is 4.79 Å². The molecule has 2 N–H and O–H groups in total. The van der Waals surface area contributed by atoms with E-state index in [1.807, 2.05) is 0 Å². The van der Waals surface area contributed by atoms with Gasteiger partial charge in [-0.1, -0.05) is 0 Å². The molecular formula is C18H25N5O4. The van der Waals surface area contributed by atoms with Crippen LogP contribution in [0.5, 0.6) is 0 Å². The Hall–Kier alpha value is -2.97. The van der Waals surface area contributed by atoms with Crippen LogP contribution in [0.25, 0.3) is 11.0 Å². The molecule has 0 radical (unpaired) electrons. The predicted molar refractivity (Wildman–Crippen MR) is 99.3 cm³/mol. The van der Waals surface area contributed by atoms with E-state index in [2.05, 4.69) is 20.7 Å². The zero-order chi connectivity index (χ0) is 20.5. The Bertz CT molecular complexity index is 911. The Morgan fingerprint density at radius 2 is 1.85 bits per heavy atom. The highest BCUT2D eigenvalue weighted by Gasteiger charge is 2.25. The number of ether oxygens (including phenoxy) is 1. The molecule has 146 valence electrons. The van der Waals surface area contributed by atoms with Gasteiger partial charge in [0, 0.05) is 18.3 Å². The molecule has 2 heterocycles. The Balaban J connectivity index is 2.16. The van der Waals surface area contributed by atoms with Gasteiger partial charge in [-0.15, -0.1) is 0 Å². The summed E-state index contributed by atoms with van der Waals surface area (Å²) in [6.07, 6.45) is -1.15. The zero-order valence-electron chi connectivity index (χ0n) is 16.6. The molecule has 0 fully saturated rings. The van der Waals surface area contributed by atoms with Crippen molar-refractivity contribution in [1.29, 1.82) is 0 Å². The summed E-state index contributed by atoms with van der Waals surface area (Å²) >= 11 is 0. The number of aromatic nitrogens is 3. The lowest BCUT2D eigenvalue weighted by molar-refractivity contribution is -0.127. The maximum absolute atomic E-state index is 12.6. The fraction of sp³-hybridized carbons (Fsp3) is 0.500. The summed E-state index contributed by atoms with van der Waals surface area (Å²) in [6, 6.07) is 0.941. The number of nitrogens with zero attached hydrogens (tertiary/aromatic N) is 3. The molecule has 1 unspecified atom stereocenters. The molecule has 2 aromatic heterocycles. The second-order valence-electron chi connectivity index (χ2n) is 7.46. The van der Waals surface area contributed by atoms with Gasteiger partial charge in [-0.25, -0.2) is 14.6 Å². The predicted octanol–water partition coefficient (Wildman–Crippen LogP) is 1.75. The number of aryl methyl sites for hydroxylation is 3. The van der Waals surface area contributed by atoms with Gasteiger partial charge in [0.1, 0.15) is 0 Å². The van der Waals surface area contributed by atoms with E-state index in [0.717, 1.165) is 0 Å². The highest BCUT2D eigenvalue weighted by Crippen LogP contribution is 2.22.